The second-order valence-corrected chi connectivity index (χ2v) is 8.80. The van der Waals surface area contributed by atoms with Gasteiger partial charge in [-0.25, -0.2) is 18.4 Å². The van der Waals surface area contributed by atoms with E-state index >= 15 is 0 Å². The van der Waals surface area contributed by atoms with Gasteiger partial charge in [0.15, 0.2) is 9.84 Å². The van der Waals surface area contributed by atoms with Crippen molar-refractivity contribution in [1.29, 1.82) is 0 Å². The lowest BCUT2D eigenvalue weighted by Crippen LogP contribution is -2.07. The van der Waals surface area contributed by atoms with Crippen LogP contribution >= 0.6 is 11.3 Å². The van der Waals surface area contributed by atoms with Gasteiger partial charge in [-0.05, 0) is 24.3 Å². The fourth-order valence-corrected chi connectivity index (χ4v) is 5.20. The van der Waals surface area contributed by atoms with Crippen molar-refractivity contribution in [3.8, 4) is 11.5 Å². The number of hydrogen-bond acceptors (Lipinski definition) is 6. The molecule has 0 aliphatic rings. The molecule has 0 saturated carbocycles. The molecule has 0 unspecified atom stereocenters. The fraction of sp³-hybridized carbons (Fsp3) is 0.111. The summed E-state index contributed by atoms with van der Waals surface area (Å²) in [5.74, 6) is 0.157. The number of rotatable bonds is 5. The number of fused-ring (bicyclic) bond motifs is 1. The van der Waals surface area contributed by atoms with E-state index in [9.17, 15) is 8.42 Å². The van der Waals surface area contributed by atoms with Crippen LogP contribution in [0.4, 0.5) is 0 Å². The molecule has 0 radical (unpaired) electrons. The minimum Gasteiger partial charge on any atom is -0.444 e. The van der Waals surface area contributed by atoms with Crippen LogP contribution in [0.2, 0.25) is 0 Å². The molecule has 0 aliphatic heterocycles. The molecule has 0 spiro atoms. The lowest BCUT2D eigenvalue weighted by molar-refractivity contribution is 0.571. The Morgan fingerprint density at radius 2 is 1.68 bits per heavy atom. The van der Waals surface area contributed by atoms with Gasteiger partial charge in [0.1, 0.15) is 17.0 Å². The molecular weight excluding hydrogens is 356 g/mol. The van der Waals surface area contributed by atoms with E-state index in [0.29, 0.717) is 16.6 Å². The quantitative estimate of drug-likeness (QED) is 0.529. The smallest absolute Gasteiger partial charge is 0.226 e. The van der Waals surface area contributed by atoms with Crippen molar-refractivity contribution in [3.63, 3.8) is 0 Å². The zero-order valence-electron chi connectivity index (χ0n) is 13.1. The van der Waals surface area contributed by atoms with Crippen molar-refractivity contribution < 1.29 is 12.8 Å². The zero-order chi connectivity index (χ0) is 17.3. The normalized spacial score (nSPS) is 11.8. The highest BCUT2D eigenvalue weighted by Gasteiger charge is 2.19. The maximum absolute atomic E-state index is 12.5. The Bertz CT molecular complexity index is 1080. The Balaban J connectivity index is 1.52. The van der Waals surface area contributed by atoms with Gasteiger partial charge < -0.3 is 4.42 Å². The molecule has 0 aliphatic carbocycles. The Morgan fingerprint density at radius 3 is 2.48 bits per heavy atom. The lowest BCUT2D eigenvalue weighted by Gasteiger charge is -1.98. The summed E-state index contributed by atoms with van der Waals surface area (Å²) in [5, 5.41) is 0.591. The summed E-state index contributed by atoms with van der Waals surface area (Å²) >= 11 is 1.40. The van der Waals surface area contributed by atoms with Gasteiger partial charge in [-0.2, -0.15) is 0 Å². The third-order valence-corrected chi connectivity index (χ3v) is 6.29. The average Bonchev–Trinajstić information content (AvgIpc) is 3.20. The third-order valence-electron chi connectivity index (χ3n) is 3.62. The Hall–Kier alpha value is -2.51. The van der Waals surface area contributed by atoms with Crippen molar-refractivity contribution >= 4 is 31.4 Å². The summed E-state index contributed by atoms with van der Waals surface area (Å²) < 4.78 is 31.3. The molecule has 0 bridgehead atoms. The molecule has 5 nitrogen and oxygen atoms in total. The molecule has 126 valence electrons. The minimum absolute atomic E-state index is 0.0973. The maximum atomic E-state index is 12.5. The lowest BCUT2D eigenvalue weighted by atomic mass is 10.2. The molecule has 4 rings (SSSR count). The van der Waals surface area contributed by atoms with Crippen LogP contribution in [-0.4, -0.2) is 18.4 Å². The molecule has 25 heavy (non-hydrogen) atoms. The number of aromatic nitrogens is 2. The van der Waals surface area contributed by atoms with Crippen LogP contribution < -0.4 is 0 Å². The summed E-state index contributed by atoms with van der Waals surface area (Å²) in [7, 11) is -3.38. The van der Waals surface area contributed by atoms with Gasteiger partial charge in [-0.1, -0.05) is 30.3 Å². The first-order valence-corrected chi connectivity index (χ1v) is 10.3. The zero-order valence-corrected chi connectivity index (χ0v) is 14.8. The van der Waals surface area contributed by atoms with E-state index in [4.69, 9.17) is 4.42 Å². The Kier molecular flexibility index (Phi) is 4.10. The van der Waals surface area contributed by atoms with Crippen LogP contribution in [0.1, 0.15) is 10.7 Å². The molecule has 4 aromatic rings. The Labute approximate surface area is 148 Å². The van der Waals surface area contributed by atoms with E-state index in [0.717, 1.165) is 15.8 Å². The molecule has 0 fully saturated rings. The van der Waals surface area contributed by atoms with Crippen molar-refractivity contribution in [2.75, 3.05) is 0 Å². The highest BCUT2D eigenvalue weighted by Crippen LogP contribution is 2.24. The number of benzene rings is 2. The van der Waals surface area contributed by atoms with Crippen molar-refractivity contribution in [2.45, 2.75) is 11.5 Å². The van der Waals surface area contributed by atoms with Gasteiger partial charge in [0.05, 0.1) is 21.7 Å². The van der Waals surface area contributed by atoms with Crippen molar-refractivity contribution in [2.24, 2.45) is 0 Å². The molecular formula is C18H14N2O3S2. The van der Waals surface area contributed by atoms with Crippen LogP contribution in [0.3, 0.4) is 0 Å². The minimum atomic E-state index is -3.38. The first-order chi connectivity index (χ1) is 12.1. The summed E-state index contributed by atoms with van der Waals surface area (Å²) in [6, 6.07) is 17.0. The number of sulfone groups is 1. The number of thiazole rings is 1. The highest BCUT2D eigenvalue weighted by atomic mass is 32.2. The van der Waals surface area contributed by atoms with Crippen LogP contribution in [0.15, 0.2) is 65.3 Å². The van der Waals surface area contributed by atoms with Gasteiger partial charge in [-0.15, -0.1) is 11.3 Å². The molecule has 0 saturated heterocycles. The number of oxazole rings is 1. The molecule has 0 amide bonds. The van der Waals surface area contributed by atoms with Gasteiger partial charge in [0, 0.05) is 5.56 Å². The predicted molar refractivity (Wildman–Crippen MR) is 97.9 cm³/mol. The summed E-state index contributed by atoms with van der Waals surface area (Å²) in [6.45, 7) is 0. The summed E-state index contributed by atoms with van der Waals surface area (Å²) in [5.41, 5.74) is 2.04. The largest absolute Gasteiger partial charge is 0.444 e. The van der Waals surface area contributed by atoms with Crippen molar-refractivity contribution in [1.82, 2.24) is 9.97 Å². The third kappa shape index (κ3) is 3.62. The van der Waals surface area contributed by atoms with E-state index in [2.05, 4.69) is 9.97 Å². The van der Waals surface area contributed by atoms with Crippen molar-refractivity contribution in [3.05, 3.63) is 71.6 Å². The van der Waals surface area contributed by atoms with Gasteiger partial charge in [0.25, 0.3) is 0 Å². The predicted octanol–water partition coefficient (Wildman–Crippen LogP) is 4.07. The average molecular weight is 370 g/mol. The first kappa shape index (κ1) is 16.0. The summed E-state index contributed by atoms with van der Waals surface area (Å²) in [6.07, 6.45) is 1.40. The van der Waals surface area contributed by atoms with Crippen LogP contribution in [0.25, 0.3) is 21.7 Å². The second-order valence-electron chi connectivity index (χ2n) is 5.62. The van der Waals surface area contributed by atoms with E-state index in [1.807, 2.05) is 54.6 Å². The molecule has 7 heteroatoms. The number of nitrogens with zero attached hydrogens (tertiary/aromatic N) is 2. The van der Waals surface area contributed by atoms with E-state index < -0.39 is 9.84 Å². The molecule has 0 N–H and O–H groups in total. The standard InChI is InChI=1S/C18H14N2O3S2/c21-25(22,12-17-20-15-8-4-5-9-16(15)24-17)11-14-10-23-18(19-14)13-6-2-1-3-7-13/h1-10H,11-12H2. The second kappa shape index (κ2) is 6.42. The van der Waals surface area contributed by atoms with E-state index in [1.54, 1.807) is 0 Å². The van der Waals surface area contributed by atoms with Crippen LogP contribution in [0.5, 0.6) is 0 Å². The topological polar surface area (TPSA) is 73.1 Å². The SMILES string of the molecule is O=S(=O)(Cc1coc(-c2ccccc2)n1)Cc1nc2ccccc2s1. The number of para-hydroxylation sites is 1. The van der Waals surface area contributed by atoms with Crippen LogP contribution in [-0.2, 0) is 21.3 Å². The highest BCUT2D eigenvalue weighted by molar-refractivity contribution is 7.90. The summed E-state index contributed by atoms with van der Waals surface area (Å²) in [4.78, 5) is 8.68. The molecule has 0 atom stereocenters. The molecule has 2 aromatic heterocycles. The van der Waals surface area contributed by atoms with Gasteiger partial charge >= 0.3 is 0 Å². The molecule has 2 aromatic carbocycles. The van der Waals surface area contributed by atoms with E-state index in [1.165, 1.54) is 17.6 Å². The van der Waals surface area contributed by atoms with Crippen LogP contribution in [0, 0.1) is 0 Å². The van der Waals surface area contributed by atoms with E-state index in [-0.39, 0.29) is 11.5 Å². The van der Waals surface area contributed by atoms with Gasteiger partial charge in [0.2, 0.25) is 5.89 Å². The molecule has 2 heterocycles. The maximum Gasteiger partial charge on any atom is 0.226 e. The Morgan fingerprint density at radius 1 is 0.920 bits per heavy atom. The fourth-order valence-electron chi connectivity index (χ4n) is 2.53. The number of hydrogen-bond donors (Lipinski definition) is 0. The van der Waals surface area contributed by atoms with Gasteiger partial charge in [-0.3, -0.25) is 0 Å². The first-order valence-electron chi connectivity index (χ1n) is 7.64. The monoisotopic (exact) mass is 370 g/mol.